The molecule has 1 atom stereocenters. The van der Waals surface area contributed by atoms with Crippen LogP contribution in [0.1, 0.15) is 34.6 Å². The van der Waals surface area contributed by atoms with Gasteiger partial charge in [0.1, 0.15) is 0 Å². The summed E-state index contributed by atoms with van der Waals surface area (Å²) in [4.78, 5) is 0. The minimum Gasteiger partial charge on any atom is -0.375 e. The predicted octanol–water partition coefficient (Wildman–Crippen LogP) is 3.75. The summed E-state index contributed by atoms with van der Waals surface area (Å²) < 4.78 is 0. The van der Waals surface area contributed by atoms with Crippen molar-refractivity contribution < 1.29 is 0 Å². The van der Waals surface area contributed by atoms with E-state index in [1.807, 2.05) is 46.2 Å². The van der Waals surface area contributed by atoms with Crippen molar-refractivity contribution in [3.8, 4) is 0 Å². The van der Waals surface area contributed by atoms with E-state index in [-0.39, 0.29) is 0 Å². The predicted molar refractivity (Wildman–Crippen MR) is 61.2 cm³/mol. The largest absolute Gasteiger partial charge is 0.375 e. The summed E-state index contributed by atoms with van der Waals surface area (Å²) in [6.45, 7) is 13.8. The first kappa shape index (κ1) is 14.2. The smallest absolute Gasteiger partial charge is 0.0970 e. The van der Waals surface area contributed by atoms with E-state index >= 15 is 0 Å². The van der Waals surface area contributed by atoms with Gasteiger partial charge in [-0.25, -0.2) is 0 Å². The lowest BCUT2D eigenvalue weighted by molar-refractivity contribution is 0.898. The maximum absolute atomic E-state index is 3.81. The van der Waals surface area contributed by atoms with Crippen LogP contribution in [0.5, 0.6) is 0 Å². The van der Waals surface area contributed by atoms with Gasteiger partial charge in [0, 0.05) is 6.20 Å². The molecule has 1 rings (SSSR count). The Morgan fingerprint density at radius 3 is 2.00 bits per heavy atom. The first-order chi connectivity index (χ1) is 5.80. The van der Waals surface area contributed by atoms with Gasteiger partial charge in [0.25, 0.3) is 0 Å². The molecule has 12 heavy (non-hydrogen) atoms. The molecule has 1 N–H and O–H groups in total. The molecule has 0 aromatic heterocycles. The lowest BCUT2D eigenvalue weighted by atomic mass is 10.3. The molecule has 0 spiro atoms. The highest BCUT2D eigenvalue weighted by Gasteiger charge is 2.08. The quantitative estimate of drug-likeness (QED) is 0.627. The number of hydrogen-bond donors (Lipinski definition) is 1. The maximum Gasteiger partial charge on any atom is 0.0970 e. The number of rotatable bonds is 1. The molecule has 0 amide bonds. The van der Waals surface area contributed by atoms with Gasteiger partial charge >= 0.3 is 0 Å². The summed E-state index contributed by atoms with van der Waals surface area (Å²) in [6, 6.07) is 0. The number of nitrogens with one attached hydrogen (secondary N) is 1. The monoisotopic (exact) mass is 187 g/mol. The molecule has 0 aliphatic carbocycles. The normalized spacial score (nSPS) is 17.9. The lowest BCUT2D eigenvalue weighted by Crippen LogP contribution is -2.15. The minimum atomic E-state index is 0.426. The first-order valence-electron chi connectivity index (χ1n) is 4.52. The lowest BCUT2D eigenvalue weighted by Gasteiger charge is -2.07. The fourth-order valence-corrected chi connectivity index (χ4v) is 1.25. The van der Waals surface area contributed by atoms with Crippen molar-refractivity contribution in [2.45, 2.75) is 40.0 Å². The van der Waals surface area contributed by atoms with Crippen LogP contribution in [0.25, 0.3) is 0 Å². The number of thioether (sulfide) groups is 1. The average molecular weight is 187 g/mol. The van der Waals surface area contributed by atoms with Gasteiger partial charge in [-0.1, -0.05) is 34.3 Å². The van der Waals surface area contributed by atoms with Crippen LogP contribution in [0.3, 0.4) is 0 Å². The van der Waals surface area contributed by atoms with E-state index in [0.29, 0.717) is 5.37 Å². The molecule has 0 radical (unpaired) electrons. The number of hydrogen-bond acceptors (Lipinski definition) is 2. The highest BCUT2D eigenvalue weighted by atomic mass is 32.2. The van der Waals surface area contributed by atoms with Crippen LogP contribution in [0.15, 0.2) is 23.8 Å². The average Bonchev–Trinajstić information content (AvgIpc) is 2.64. The molecule has 1 nitrogen and oxygen atoms in total. The molecule has 0 bridgehead atoms. The van der Waals surface area contributed by atoms with Gasteiger partial charge in [0.15, 0.2) is 0 Å². The van der Waals surface area contributed by atoms with Crippen molar-refractivity contribution in [2.24, 2.45) is 0 Å². The zero-order valence-electron chi connectivity index (χ0n) is 8.85. The third kappa shape index (κ3) is 6.35. The highest BCUT2D eigenvalue weighted by molar-refractivity contribution is 8.03. The molecule has 0 saturated carbocycles. The summed E-state index contributed by atoms with van der Waals surface area (Å²) in [5, 5.41) is 5.61. The highest BCUT2D eigenvalue weighted by Crippen LogP contribution is 2.20. The Bertz CT molecular complexity index is 122. The Balaban J connectivity index is 0. The van der Waals surface area contributed by atoms with Crippen molar-refractivity contribution in [1.82, 2.24) is 5.32 Å². The van der Waals surface area contributed by atoms with Crippen LogP contribution >= 0.6 is 11.8 Å². The van der Waals surface area contributed by atoms with Crippen molar-refractivity contribution in [2.75, 3.05) is 0 Å². The molecular weight excluding hydrogens is 166 g/mol. The third-order valence-electron chi connectivity index (χ3n) is 0.978. The summed E-state index contributed by atoms with van der Waals surface area (Å²) in [6.07, 6.45) is 1.95. The van der Waals surface area contributed by atoms with Crippen LogP contribution < -0.4 is 5.32 Å². The van der Waals surface area contributed by atoms with E-state index in [2.05, 4.69) is 11.9 Å². The van der Waals surface area contributed by atoms with Gasteiger partial charge in [-0.05, 0) is 17.9 Å². The third-order valence-corrected chi connectivity index (χ3v) is 2.08. The molecule has 0 saturated heterocycles. The second-order valence-corrected chi connectivity index (χ2v) is 2.85. The molecule has 0 fully saturated rings. The Hall–Kier alpha value is -0.370. The van der Waals surface area contributed by atoms with Crippen molar-refractivity contribution in [1.29, 1.82) is 0 Å². The second-order valence-electron chi connectivity index (χ2n) is 1.83. The Morgan fingerprint density at radius 1 is 1.33 bits per heavy atom. The maximum atomic E-state index is 3.81. The SMILES string of the molecule is C=C(C)C1NC=CS1.CC.CC. The van der Waals surface area contributed by atoms with Crippen LogP contribution in [0.2, 0.25) is 0 Å². The standard InChI is InChI=1S/C6H9NS.2C2H6/c1-5(2)6-7-3-4-8-6;2*1-2/h3-4,6-7H,1H2,2H3;2*1-2H3. The van der Waals surface area contributed by atoms with E-state index in [4.69, 9.17) is 0 Å². The molecule has 72 valence electrons. The first-order valence-corrected chi connectivity index (χ1v) is 5.47. The van der Waals surface area contributed by atoms with Crippen LogP contribution in [-0.2, 0) is 0 Å². The van der Waals surface area contributed by atoms with Gasteiger partial charge in [-0.3, -0.25) is 0 Å². The fraction of sp³-hybridized carbons (Fsp3) is 0.600. The molecule has 0 aromatic rings. The summed E-state index contributed by atoms with van der Waals surface area (Å²) in [5.74, 6) is 0. The molecule has 2 heteroatoms. The topological polar surface area (TPSA) is 12.0 Å². The molecule has 1 heterocycles. The Labute approximate surface area is 81.3 Å². The van der Waals surface area contributed by atoms with E-state index in [1.165, 1.54) is 5.57 Å². The Kier molecular flexibility index (Phi) is 12.6. The van der Waals surface area contributed by atoms with Crippen molar-refractivity contribution >= 4 is 11.8 Å². The summed E-state index contributed by atoms with van der Waals surface area (Å²) in [7, 11) is 0. The van der Waals surface area contributed by atoms with Crippen molar-refractivity contribution in [3.63, 3.8) is 0 Å². The minimum absolute atomic E-state index is 0.426. The van der Waals surface area contributed by atoms with Crippen LogP contribution in [0.4, 0.5) is 0 Å². The van der Waals surface area contributed by atoms with Gasteiger partial charge in [0.2, 0.25) is 0 Å². The zero-order chi connectivity index (χ0) is 9.98. The summed E-state index contributed by atoms with van der Waals surface area (Å²) in [5.41, 5.74) is 1.18. The molecule has 1 aliphatic heterocycles. The van der Waals surface area contributed by atoms with Crippen molar-refractivity contribution in [3.05, 3.63) is 23.8 Å². The van der Waals surface area contributed by atoms with E-state index in [0.717, 1.165) is 0 Å². The second kappa shape index (κ2) is 10.6. The fourth-order valence-electron chi connectivity index (χ4n) is 0.542. The Morgan fingerprint density at radius 2 is 1.83 bits per heavy atom. The molecule has 1 unspecified atom stereocenters. The van der Waals surface area contributed by atoms with Gasteiger partial charge in [0.05, 0.1) is 5.37 Å². The summed E-state index contributed by atoms with van der Waals surface area (Å²) >= 11 is 1.76. The van der Waals surface area contributed by atoms with E-state index in [1.54, 1.807) is 11.8 Å². The van der Waals surface area contributed by atoms with Crippen LogP contribution in [-0.4, -0.2) is 5.37 Å². The van der Waals surface area contributed by atoms with E-state index < -0.39 is 0 Å². The van der Waals surface area contributed by atoms with E-state index in [9.17, 15) is 0 Å². The van der Waals surface area contributed by atoms with Crippen LogP contribution in [0, 0.1) is 0 Å². The van der Waals surface area contributed by atoms with Gasteiger partial charge in [-0.15, -0.1) is 11.8 Å². The molecular formula is C10H21NS. The zero-order valence-corrected chi connectivity index (χ0v) is 9.66. The van der Waals surface area contributed by atoms with Gasteiger partial charge in [-0.2, -0.15) is 0 Å². The molecule has 0 aromatic carbocycles. The molecule has 1 aliphatic rings. The van der Waals surface area contributed by atoms with Gasteiger partial charge < -0.3 is 5.32 Å².